The number of anilines is 1. The Bertz CT molecular complexity index is 921. The smallest absolute Gasteiger partial charge is 0.255 e. The van der Waals surface area contributed by atoms with Crippen molar-refractivity contribution in [3.05, 3.63) is 64.2 Å². The van der Waals surface area contributed by atoms with Crippen molar-refractivity contribution in [1.29, 1.82) is 0 Å². The summed E-state index contributed by atoms with van der Waals surface area (Å²) in [5, 5.41) is 3.38. The predicted molar refractivity (Wildman–Crippen MR) is 109 cm³/mol. The Morgan fingerprint density at radius 1 is 1.07 bits per heavy atom. The summed E-state index contributed by atoms with van der Waals surface area (Å²) in [5.74, 6) is -0.303. The molecule has 0 radical (unpaired) electrons. The van der Waals surface area contributed by atoms with Crippen LogP contribution in [0.4, 0.5) is 5.69 Å². The molecule has 1 saturated heterocycles. The fourth-order valence-corrected chi connectivity index (χ4v) is 4.86. The predicted octanol–water partition coefficient (Wildman–Crippen LogP) is 4.22. The maximum atomic E-state index is 12.5. The number of halogens is 1. The number of carbonyl (C=O) groups is 1. The number of piperidine rings is 1. The Balaban J connectivity index is 1.65. The largest absolute Gasteiger partial charge is 0.322 e. The highest BCUT2D eigenvalue weighted by molar-refractivity contribution is 7.88. The molecule has 0 spiro atoms. The van der Waals surface area contributed by atoms with E-state index in [2.05, 4.69) is 5.32 Å². The van der Waals surface area contributed by atoms with Gasteiger partial charge in [0, 0.05) is 29.4 Å². The van der Waals surface area contributed by atoms with Crippen LogP contribution in [0.2, 0.25) is 5.02 Å². The molecule has 1 amide bonds. The van der Waals surface area contributed by atoms with Crippen molar-refractivity contribution >= 4 is 33.2 Å². The van der Waals surface area contributed by atoms with Crippen LogP contribution in [0.1, 0.15) is 40.7 Å². The van der Waals surface area contributed by atoms with E-state index in [1.807, 2.05) is 13.0 Å². The highest BCUT2D eigenvalue weighted by Crippen LogP contribution is 2.21. The van der Waals surface area contributed by atoms with E-state index >= 15 is 0 Å². The third-order valence-electron chi connectivity index (χ3n) is 4.70. The second-order valence-electron chi connectivity index (χ2n) is 6.83. The quantitative estimate of drug-likeness (QED) is 0.808. The normalized spacial score (nSPS) is 15.5. The van der Waals surface area contributed by atoms with Crippen molar-refractivity contribution < 1.29 is 13.2 Å². The SMILES string of the molecule is Cc1ccc(NC(=O)c2ccc(CS(=O)(=O)N3CCCCC3)cc2)cc1Cl. The Morgan fingerprint density at radius 2 is 1.74 bits per heavy atom. The fraction of sp³-hybridized carbons (Fsp3) is 0.350. The zero-order valence-electron chi connectivity index (χ0n) is 15.2. The molecule has 7 heteroatoms. The number of hydrogen-bond donors (Lipinski definition) is 1. The van der Waals surface area contributed by atoms with Crippen LogP contribution >= 0.6 is 11.6 Å². The van der Waals surface area contributed by atoms with Gasteiger partial charge in [0.05, 0.1) is 5.75 Å². The summed E-state index contributed by atoms with van der Waals surface area (Å²) in [6, 6.07) is 12.0. The van der Waals surface area contributed by atoms with Crippen LogP contribution in [0.15, 0.2) is 42.5 Å². The van der Waals surface area contributed by atoms with Gasteiger partial charge in [0.15, 0.2) is 0 Å². The first-order chi connectivity index (χ1) is 12.8. The molecule has 1 heterocycles. The minimum Gasteiger partial charge on any atom is -0.322 e. The van der Waals surface area contributed by atoms with E-state index in [1.165, 1.54) is 0 Å². The monoisotopic (exact) mass is 406 g/mol. The summed E-state index contributed by atoms with van der Waals surface area (Å²) in [7, 11) is -3.31. The summed E-state index contributed by atoms with van der Waals surface area (Å²) in [6.45, 7) is 3.09. The first-order valence-electron chi connectivity index (χ1n) is 8.99. The Morgan fingerprint density at radius 3 is 2.37 bits per heavy atom. The van der Waals surface area contributed by atoms with Gasteiger partial charge in [-0.15, -0.1) is 0 Å². The Hall–Kier alpha value is -1.89. The molecule has 0 aromatic heterocycles. The number of sulfonamides is 1. The van der Waals surface area contributed by atoms with Gasteiger partial charge in [-0.05, 0) is 55.2 Å². The maximum Gasteiger partial charge on any atom is 0.255 e. The second-order valence-corrected chi connectivity index (χ2v) is 9.21. The molecule has 5 nitrogen and oxygen atoms in total. The molecule has 144 valence electrons. The summed E-state index contributed by atoms with van der Waals surface area (Å²) in [4.78, 5) is 12.4. The van der Waals surface area contributed by atoms with Crippen molar-refractivity contribution in [1.82, 2.24) is 4.31 Å². The van der Waals surface area contributed by atoms with Crippen LogP contribution in [0.5, 0.6) is 0 Å². The number of nitrogens with one attached hydrogen (secondary N) is 1. The van der Waals surface area contributed by atoms with Crippen LogP contribution in [-0.2, 0) is 15.8 Å². The third kappa shape index (κ3) is 5.09. The van der Waals surface area contributed by atoms with E-state index in [0.29, 0.717) is 34.9 Å². The number of carbonyl (C=O) groups excluding carboxylic acids is 1. The molecule has 0 bridgehead atoms. The lowest BCUT2D eigenvalue weighted by Gasteiger charge is -2.25. The van der Waals surface area contributed by atoms with Gasteiger partial charge in [-0.25, -0.2) is 12.7 Å². The van der Waals surface area contributed by atoms with Gasteiger partial charge in [0.25, 0.3) is 5.91 Å². The van der Waals surface area contributed by atoms with Crippen LogP contribution in [0.25, 0.3) is 0 Å². The van der Waals surface area contributed by atoms with E-state index in [1.54, 1.807) is 40.7 Å². The Kier molecular flexibility index (Phi) is 6.19. The van der Waals surface area contributed by atoms with Gasteiger partial charge >= 0.3 is 0 Å². The van der Waals surface area contributed by atoms with E-state index in [0.717, 1.165) is 24.8 Å². The van der Waals surface area contributed by atoms with Gasteiger partial charge in [-0.2, -0.15) is 0 Å². The van der Waals surface area contributed by atoms with E-state index in [-0.39, 0.29) is 11.7 Å². The van der Waals surface area contributed by atoms with Crippen LogP contribution in [0, 0.1) is 6.92 Å². The van der Waals surface area contributed by atoms with Crippen molar-refractivity contribution in [2.45, 2.75) is 31.9 Å². The lowest BCUT2D eigenvalue weighted by atomic mass is 10.1. The zero-order valence-corrected chi connectivity index (χ0v) is 16.8. The highest BCUT2D eigenvalue weighted by Gasteiger charge is 2.24. The van der Waals surface area contributed by atoms with Crippen molar-refractivity contribution in [2.24, 2.45) is 0 Å². The number of benzene rings is 2. The maximum absolute atomic E-state index is 12.5. The molecule has 1 N–H and O–H groups in total. The average molecular weight is 407 g/mol. The van der Waals surface area contributed by atoms with E-state index < -0.39 is 10.0 Å². The van der Waals surface area contributed by atoms with Gasteiger partial charge in [0.2, 0.25) is 10.0 Å². The first kappa shape index (κ1) is 19.9. The molecule has 1 aliphatic rings. The van der Waals surface area contributed by atoms with Gasteiger partial charge in [-0.3, -0.25) is 4.79 Å². The van der Waals surface area contributed by atoms with Crippen LogP contribution in [0.3, 0.4) is 0 Å². The minimum atomic E-state index is -3.31. The molecule has 0 unspecified atom stereocenters. The van der Waals surface area contributed by atoms with Gasteiger partial charge < -0.3 is 5.32 Å². The van der Waals surface area contributed by atoms with Gasteiger partial charge in [0.1, 0.15) is 0 Å². The van der Waals surface area contributed by atoms with Crippen molar-refractivity contribution in [3.63, 3.8) is 0 Å². The molecule has 1 fully saturated rings. The summed E-state index contributed by atoms with van der Waals surface area (Å²) in [6.07, 6.45) is 2.92. The van der Waals surface area contributed by atoms with E-state index in [9.17, 15) is 13.2 Å². The lowest BCUT2D eigenvalue weighted by Crippen LogP contribution is -2.36. The standard InChI is InChI=1S/C20H23ClN2O3S/c1-15-5-10-18(13-19(15)21)22-20(24)17-8-6-16(7-9-17)14-27(25,26)23-11-3-2-4-12-23/h5-10,13H,2-4,11-12,14H2,1H3,(H,22,24). The van der Waals surface area contributed by atoms with Crippen molar-refractivity contribution in [3.8, 4) is 0 Å². The molecule has 0 aliphatic carbocycles. The molecule has 2 aromatic rings. The number of aryl methyl sites for hydroxylation is 1. The average Bonchev–Trinajstić information content (AvgIpc) is 2.66. The summed E-state index contributed by atoms with van der Waals surface area (Å²) < 4.78 is 26.6. The van der Waals surface area contributed by atoms with Crippen LogP contribution < -0.4 is 5.32 Å². The molecular formula is C20H23ClN2O3S. The molecule has 0 atom stereocenters. The summed E-state index contributed by atoms with van der Waals surface area (Å²) in [5.41, 5.74) is 2.70. The highest BCUT2D eigenvalue weighted by atomic mass is 35.5. The van der Waals surface area contributed by atoms with Crippen molar-refractivity contribution in [2.75, 3.05) is 18.4 Å². The molecule has 0 saturated carbocycles. The lowest BCUT2D eigenvalue weighted by molar-refractivity contribution is 0.102. The van der Waals surface area contributed by atoms with E-state index in [4.69, 9.17) is 11.6 Å². The molecule has 1 aliphatic heterocycles. The summed E-state index contributed by atoms with van der Waals surface area (Å²) >= 11 is 6.08. The molecule has 3 rings (SSSR count). The molecule has 27 heavy (non-hydrogen) atoms. The minimum absolute atomic E-state index is 0.0392. The number of hydrogen-bond acceptors (Lipinski definition) is 3. The number of amides is 1. The Labute approximate surface area is 165 Å². The second kappa shape index (κ2) is 8.42. The molecule has 2 aromatic carbocycles. The number of nitrogens with zero attached hydrogens (tertiary/aromatic N) is 1. The fourth-order valence-electron chi connectivity index (χ4n) is 3.07. The van der Waals surface area contributed by atoms with Crippen LogP contribution in [-0.4, -0.2) is 31.7 Å². The molecular weight excluding hydrogens is 384 g/mol. The zero-order chi connectivity index (χ0) is 19.4. The topological polar surface area (TPSA) is 66.5 Å². The van der Waals surface area contributed by atoms with Gasteiger partial charge in [-0.1, -0.05) is 36.2 Å². The first-order valence-corrected chi connectivity index (χ1v) is 11.0. The number of rotatable bonds is 5. The third-order valence-corrected chi connectivity index (χ3v) is 6.96.